The van der Waals surface area contributed by atoms with Gasteiger partial charge in [0.2, 0.25) is 5.91 Å². The molecule has 1 unspecified atom stereocenters. The Kier molecular flexibility index (Phi) is 3.92. The van der Waals surface area contributed by atoms with Crippen LogP contribution in [0.5, 0.6) is 0 Å². The number of amides is 1. The van der Waals surface area contributed by atoms with Crippen molar-refractivity contribution in [1.82, 2.24) is 9.80 Å². The Morgan fingerprint density at radius 2 is 2.00 bits per heavy atom. The molecule has 0 aromatic heterocycles. The van der Waals surface area contributed by atoms with Crippen LogP contribution in [0.2, 0.25) is 0 Å². The smallest absolute Gasteiger partial charge is 0.245 e. The molecule has 1 aromatic carbocycles. The van der Waals surface area contributed by atoms with Gasteiger partial charge in [-0.15, -0.1) is 0 Å². The summed E-state index contributed by atoms with van der Waals surface area (Å²) in [5.41, 5.74) is 2.46. The normalized spacial score (nSPS) is 23.1. The lowest BCUT2D eigenvalue weighted by Gasteiger charge is -2.37. The predicted molar refractivity (Wildman–Crippen MR) is 80.9 cm³/mol. The largest absolute Gasteiger partial charge is 0.373 e. The molecule has 1 fully saturated rings. The van der Waals surface area contributed by atoms with Crippen LogP contribution in [-0.2, 0) is 11.2 Å². The molecule has 4 nitrogen and oxygen atoms in total. The highest BCUT2D eigenvalue weighted by Gasteiger charge is 2.29. The number of piperazine rings is 1. The third kappa shape index (κ3) is 2.66. The minimum absolute atomic E-state index is 0.0434. The van der Waals surface area contributed by atoms with Gasteiger partial charge in [0, 0.05) is 31.9 Å². The number of hydrogen-bond acceptors (Lipinski definition) is 3. The van der Waals surface area contributed by atoms with Crippen LogP contribution in [0.1, 0.15) is 18.9 Å². The molecule has 0 aliphatic carbocycles. The maximum absolute atomic E-state index is 12.6. The maximum atomic E-state index is 12.6. The SMILES string of the molecule is CCN1CCN(C(=O)C2CCc3ccccc3N2)CC1. The molecule has 1 N–H and O–H groups in total. The van der Waals surface area contributed by atoms with E-state index in [0.29, 0.717) is 0 Å². The Balaban J connectivity index is 1.62. The summed E-state index contributed by atoms with van der Waals surface area (Å²) in [6.07, 6.45) is 1.90. The van der Waals surface area contributed by atoms with Gasteiger partial charge in [0.25, 0.3) is 0 Å². The van der Waals surface area contributed by atoms with Crippen LogP contribution in [-0.4, -0.2) is 54.5 Å². The van der Waals surface area contributed by atoms with Crippen molar-refractivity contribution in [3.8, 4) is 0 Å². The summed E-state index contributed by atoms with van der Waals surface area (Å²) in [5, 5.41) is 3.41. The first kappa shape index (κ1) is 13.4. The second-order valence-corrected chi connectivity index (χ2v) is 5.65. The minimum atomic E-state index is -0.0434. The summed E-state index contributed by atoms with van der Waals surface area (Å²) < 4.78 is 0. The first-order valence-corrected chi connectivity index (χ1v) is 7.63. The van der Waals surface area contributed by atoms with Crippen molar-refractivity contribution >= 4 is 11.6 Å². The molecule has 20 heavy (non-hydrogen) atoms. The lowest BCUT2D eigenvalue weighted by Crippen LogP contribution is -2.53. The fraction of sp³-hybridized carbons (Fsp3) is 0.562. The molecule has 1 aromatic rings. The molecule has 2 heterocycles. The van der Waals surface area contributed by atoms with E-state index in [-0.39, 0.29) is 11.9 Å². The molecule has 0 radical (unpaired) electrons. The van der Waals surface area contributed by atoms with Gasteiger partial charge in [0.15, 0.2) is 0 Å². The molecule has 1 atom stereocenters. The van der Waals surface area contributed by atoms with Gasteiger partial charge in [-0.3, -0.25) is 4.79 Å². The summed E-state index contributed by atoms with van der Waals surface area (Å²) in [6, 6.07) is 8.26. The molecular formula is C16H23N3O. The van der Waals surface area contributed by atoms with Gasteiger partial charge in [-0.05, 0) is 31.0 Å². The monoisotopic (exact) mass is 273 g/mol. The van der Waals surface area contributed by atoms with Crippen molar-refractivity contribution in [1.29, 1.82) is 0 Å². The quantitative estimate of drug-likeness (QED) is 0.888. The van der Waals surface area contributed by atoms with Crippen molar-refractivity contribution in [2.45, 2.75) is 25.8 Å². The highest BCUT2D eigenvalue weighted by molar-refractivity contribution is 5.85. The average Bonchev–Trinajstić information content (AvgIpc) is 2.54. The Bertz CT molecular complexity index is 480. The number of aryl methyl sites for hydroxylation is 1. The molecule has 1 saturated heterocycles. The molecule has 2 aliphatic heterocycles. The first-order chi connectivity index (χ1) is 9.78. The van der Waals surface area contributed by atoms with Crippen LogP contribution in [0.4, 0.5) is 5.69 Å². The third-order valence-corrected chi connectivity index (χ3v) is 4.48. The first-order valence-electron chi connectivity index (χ1n) is 7.63. The zero-order valence-electron chi connectivity index (χ0n) is 12.1. The van der Waals surface area contributed by atoms with Gasteiger partial charge in [-0.25, -0.2) is 0 Å². The second kappa shape index (κ2) is 5.83. The van der Waals surface area contributed by atoms with E-state index in [9.17, 15) is 4.79 Å². The fourth-order valence-corrected chi connectivity index (χ4v) is 3.13. The third-order valence-electron chi connectivity index (χ3n) is 4.48. The van der Waals surface area contributed by atoms with Crippen LogP contribution in [0, 0.1) is 0 Å². The number of para-hydroxylation sites is 1. The van der Waals surface area contributed by atoms with Crippen LogP contribution in [0.3, 0.4) is 0 Å². The number of likely N-dealkylation sites (N-methyl/N-ethyl adjacent to an activating group) is 1. The number of nitrogens with one attached hydrogen (secondary N) is 1. The fourth-order valence-electron chi connectivity index (χ4n) is 3.13. The molecule has 108 valence electrons. The van der Waals surface area contributed by atoms with Gasteiger partial charge in [-0.1, -0.05) is 25.1 Å². The molecule has 4 heteroatoms. The van der Waals surface area contributed by atoms with Crippen LogP contribution < -0.4 is 5.32 Å². The average molecular weight is 273 g/mol. The molecule has 2 aliphatic rings. The minimum Gasteiger partial charge on any atom is -0.373 e. The van der Waals surface area contributed by atoms with Crippen LogP contribution >= 0.6 is 0 Å². The second-order valence-electron chi connectivity index (χ2n) is 5.65. The van der Waals surface area contributed by atoms with Crippen LogP contribution in [0.25, 0.3) is 0 Å². The topological polar surface area (TPSA) is 35.6 Å². The van der Waals surface area contributed by atoms with E-state index in [4.69, 9.17) is 0 Å². The Morgan fingerprint density at radius 3 is 2.75 bits per heavy atom. The standard InChI is InChI=1S/C16H23N3O/c1-2-18-9-11-19(12-10-18)16(20)15-8-7-13-5-3-4-6-14(13)17-15/h3-6,15,17H,2,7-12H2,1H3. The van der Waals surface area contributed by atoms with Gasteiger partial charge in [0.1, 0.15) is 6.04 Å². The maximum Gasteiger partial charge on any atom is 0.245 e. The zero-order chi connectivity index (χ0) is 13.9. The highest BCUT2D eigenvalue weighted by Crippen LogP contribution is 2.25. The van der Waals surface area contributed by atoms with Crippen molar-refractivity contribution in [3.63, 3.8) is 0 Å². The van der Waals surface area contributed by atoms with Crippen LogP contribution in [0.15, 0.2) is 24.3 Å². The van der Waals surface area contributed by atoms with E-state index < -0.39 is 0 Å². The summed E-state index contributed by atoms with van der Waals surface area (Å²) >= 11 is 0. The van der Waals surface area contributed by atoms with E-state index in [1.54, 1.807) is 0 Å². The number of benzene rings is 1. The number of fused-ring (bicyclic) bond motifs is 1. The predicted octanol–water partition coefficient (Wildman–Crippen LogP) is 1.58. The lowest BCUT2D eigenvalue weighted by atomic mass is 9.97. The van der Waals surface area contributed by atoms with E-state index in [0.717, 1.165) is 51.3 Å². The van der Waals surface area contributed by atoms with Crippen molar-refractivity contribution < 1.29 is 4.79 Å². The summed E-state index contributed by atoms with van der Waals surface area (Å²) in [7, 11) is 0. The number of rotatable bonds is 2. The van der Waals surface area contributed by atoms with Gasteiger partial charge >= 0.3 is 0 Å². The lowest BCUT2D eigenvalue weighted by molar-refractivity contribution is -0.133. The number of carbonyl (C=O) groups excluding carboxylic acids is 1. The van der Waals surface area contributed by atoms with Gasteiger partial charge in [-0.2, -0.15) is 0 Å². The van der Waals surface area contributed by atoms with E-state index in [1.165, 1.54) is 5.56 Å². The van der Waals surface area contributed by atoms with E-state index >= 15 is 0 Å². The molecule has 0 bridgehead atoms. The van der Waals surface area contributed by atoms with Gasteiger partial charge < -0.3 is 15.1 Å². The van der Waals surface area contributed by atoms with E-state index in [1.807, 2.05) is 11.0 Å². The summed E-state index contributed by atoms with van der Waals surface area (Å²) in [5.74, 6) is 0.273. The Hall–Kier alpha value is -1.55. The number of hydrogen-bond donors (Lipinski definition) is 1. The molecule has 0 saturated carbocycles. The van der Waals surface area contributed by atoms with Crippen molar-refractivity contribution in [3.05, 3.63) is 29.8 Å². The zero-order valence-corrected chi connectivity index (χ0v) is 12.1. The van der Waals surface area contributed by atoms with Gasteiger partial charge in [0.05, 0.1) is 0 Å². The molecular weight excluding hydrogens is 250 g/mol. The summed E-state index contributed by atoms with van der Waals surface area (Å²) in [6.45, 7) is 7.00. The highest BCUT2D eigenvalue weighted by atomic mass is 16.2. The van der Waals surface area contributed by atoms with Crippen molar-refractivity contribution in [2.24, 2.45) is 0 Å². The number of nitrogens with zero attached hydrogens (tertiary/aromatic N) is 2. The number of carbonyl (C=O) groups is 1. The molecule has 1 amide bonds. The molecule has 0 spiro atoms. The molecule has 3 rings (SSSR count). The van der Waals surface area contributed by atoms with Crippen molar-refractivity contribution in [2.75, 3.05) is 38.0 Å². The number of anilines is 1. The summed E-state index contributed by atoms with van der Waals surface area (Å²) in [4.78, 5) is 17.0. The Morgan fingerprint density at radius 1 is 1.25 bits per heavy atom. The Labute approximate surface area is 120 Å². The van der Waals surface area contributed by atoms with E-state index in [2.05, 4.69) is 35.3 Å².